The molecule has 10 heteroatoms. The summed E-state index contributed by atoms with van der Waals surface area (Å²) in [6.07, 6.45) is 52.4. The van der Waals surface area contributed by atoms with Gasteiger partial charge in [-0.05, 0) is 89.9 Å². The van der Waals surface area contributed by atoms with Crippen molar-refractivity contribution in [2.24, 2.45) is 0 Å². The van der Waals surface area contributed by atoms with E-state index in [2.05, 4.69) is 111 Å². The number of hydrogen-bond acceptors (Lipinski definition) is 8. The Hall–Kier alpha value is -2.62. The van der Waals surface area contributed by atoms with Crippen molar-refractivity contribution in [2.75, 3.05) is 33.0 Å². The summed E-state index contributed by atoms with van der Waals surface area (Å²) in [5.74, 6) is -0.414. The minimum Gasteiger partial charge on any atom is -0.457 e. The summed E-state index contributed by atoms with van der Waals surface area (Å²) in [4.78, 5) is 22.5. The molecule has 0 saturated carbocycles. The van der Waals surface area contributed by atoms with Gasteiger partial charge in [-0.2, -0.15) is 0 Å². The summed E-state index contributed by atoms with van der Waals surface area (Å²) >= 11 is 0. The van der Waals surface area contributed by atoms with Crippen LogP contribution in [0.4, 0.5) is 0 Å². The zero-order valence-corrected chi connectivity index (χ0v) is 35.7. The Morgan fingerprint density at radius 1 is 0.571 bits per heavy atom. The van der Waals surface area contributed by atoms with Gasteiger partial charge in [-0.25, -0.2) is 4.57 Å². The first-order valence-corrected chi connectivity index (χ1v) is 22.7. The molecular formula is C46H77O9P. The van der Waals surface area contributed by atoms with Crippen molar-refractivity contribution in [3.63, 3.8) is 0 Å². The van der Waals surface area contributed by atoms with Gasteiger partial charge in [0.2, 0.25) is 0 Å². The zero-order chi connectivity index (χ0) is 41.1. The van der Waals surface area contributed by atoms with E-state index in [-0.39, 0.29) is 13.0 Å². The summed E-state index contributed by atoms with van der Waals surface area (Å²) < 4.78 is 33.2. The first-order valence-electron chi connectivity index (χ1n) is 21.2. The fraction of sp³-hybridized carbons (Fsp3) is 0.630. The second-order valence-electron chi connectivity index (χ2n) is 13.6. The van der Waals surface area contributed by atoms with Gasteiger partial charge in [-0.1, -0.05) is 143 Å². The van der Waals surface area contributed by atoms with Crippen LogP contribution < -0.4 is 0 Å². The quantitative estimate of drug-likeness (QED) is 0.0240. The first kappa shape index (κ1) is 53.4. The number of phosphoric acid groups is 1. The third kappa shape index (κ3) is 41.0. The Kier molecular flexibility index (Phi) is 40.0. The predicted molar refractivity (Wildman–Crippen MR) is 232 cm³/mol. The molecule has 0 saturated heterocycles. The van der Waals surface area contributed by atoms with Crippen LogP contribution in [0.15, 0.2) is 97.2 Å². The number of allylic oxidation sites excluding steroid dienone is 16. The minimum absolute atomic E-state index is 0.00923. The number of rotatable bonds is 39. The smallest absolute Gasteiger partial charge is 0.457 e. The molecule has 0 rings (SSSR count). The highest BCUT2D eigenvalue weighted by Gasteiger charge is 2.26. The summed E-state index contributed by atoms with van der Waals surface area (Å²) in [6, 6.07) is 0. The van der Waals surface area contributed by atoms with Crippen molar-refractivity contribution in [2.45, 2.75) is 154 Å². The van der Waals surface area contributed by atoms with Crippen LogP contribution in [-0.2, 0) is 27.9 Å². The molecule has 0 aliphatic rings. The molecule has 0 bridgehead atoms. The van der Waals surface area contributed by atoms with E-state index in [1.807, 2.05) is 0 Å². The predicted octanol–water partition coefficient (Wildman–Crippen LogP) is 11.7. The average molecular weight is 805 g/mol. The highest BCUT2D eigenvalue weighted by Crippen LogP contribution is 2.43. The minimum atomic E-state index is -4.54. The van der Waals surface area contributed by atoms with Crippen molar-refractivity contribution in [1.29, 1.82) is 0 Å². The monoisotopic (exact) mass is 805 g/mol. The molecule has 0 aromatic carbocycles. The summed E-state index contributed by atoms with van der Waals surface area (Å²) in [6.45, 7) is 3.20. The lowest BCUT2D eigenvalue weighted by molar-refractivity contribution is -0.154. The van der Waals surface area contributed by atoms with Gasteiger partial charge >= 0.3 is 13.8 Å². The molecule has 0 aliphatic carbocycles. The van der Waals surface area contributed by atoms with Crippen molar-refractivity contribution < 1.29 is 43.0 Å². The topological polar surface area (TPSA) is 132 Å². The second-order valence-corrected chi connectivity index (χ2v) is 15.1. The molecule has 0 aliphatic heterocycles. The van der Waals surface area contributed by atoms with Crippen LogP contribution in [0, 0.1) is 0 Å². The van der Waals surface area contributed by atoms with Gasteiger partial charge in [0.1, 0.15) is 12.2 Å². The summed E-state index contributed by atoms with van der Waals surface area (Å²) in [5, 5.41) is 18.3. The molecule has 320 valence electrons. The van der Waals surface area contributed by atoms with Gasteiger partial charge in [-0.3, -0.25) is 13.8 Å². The lowest BCUT2D eigenvalue weighted by Gasteiger charge is -2.20. The molecule has 9 nitrogen and oxygen atoms in total. The van der Waals surface area contributed by atoms with Crippen molar-refractivity contribution >= 4 is 13.8 Å². The maximum Gasteiger partial charge on any atom is 0.472 e. The molecule has 0 amide bonds. The van der Waals surface area contributed by atoms with Crippen LogP contribution in [0.1, 0.15) is 142 Å². The number of phosphoric ester groups is 1. The van der Waals surface area contributed by atoms with E-state index in [1.165, 1.54) is 12.8 Å². The van der Waals surface area contributed by atoms with E-state index >= 15 is 0 Å². The Labute approximate surface area is 340 Å². The van der Waals surface area contributed by atoms with E-state index in [0.29, 0.717) is 13.0 Å². The van der Waals surface area contributed by atoms with Crippen molar-refractivity contribution in [1.82, 2.24) is 0 Å². The molecule has 56 heavy (non-hydrogen) atoms. The third-order valence-corrected chi connectivity index (χ3v) is 9.20. The van der Waals surface area contributed by atoms with Crippen LogP contribution in [-0.4, -0.2) is 66.3 Å². The maximum atomic E-state index is 12.6. The zero-order valence-electron chi connectivity index (χ0n) is 34.8. The van der Waals surface area contributed by atoms with Crippen molar-refractivity contribution in [3.05, 3.63) is 97.2 Å². The van der Waals surface area contributed by atoms with E-state index < -0.39 is 45.8 Å². The molecule has 3 unspecified atom stereocenters. The Balaban J connectivity index is 4.26. The number of esters is 1. The SMILES string of the molecule is CC/C=C\C/C=C\C/C=C\C/C=C\C/C=C\C/C=C\C/C=C\CCCCOCC(COP(=O)(O)OCC(O)CO)OC(=O)CCCCCCC/C=C\CCCC. The molecule has 0 fully saturated rings. The molecular weight excluding hydrogens is 727 g/mol. The molecule has 3 atom stereocenters. The molecule has 0 aromatic heterocycles. The summed E-state index contributed by atoms with van der Waals surface area (Å²) in [7, 11) is -4.54. The number of carbonyl (C=O) groups is 1. The van der Waals surface area contributed by atoms with Gasteiger partial charge in [-0.15, -0.1) is 0 Å². The normalized spacial score (nSPS) is 15.0. The first-order chi connectivity index (χ1) is 27.3. The van der Waals surface area contributed by atoms with E-state index in [4.69, 9.17) is 23.6 Å². The Morgan fingerprint density at radius 2 is 1.02 bits per heavy atom. The molecule has 0 aromatic rings. The van der Waals surface area contributed by atoms with Gasteiger partial charge in [0.15, 0.2) is 0 Å². The lowest BCUT2D eigenvalue weighted by Crippen LogP contribution is -2.29. The standard InChI is InChI=1S/C46H77O9P/c1-3-5-7-9-11-13-15-16-17-18-19-20-21-22-23-24-25-26-27-29-31-33-35-37-39-52-42-45(43-54-56(50,51)53-41-44(48)40-47)55-46(49)38-36-34-32-30-28-14-12-10-8-6-4-2/h5,7,10-13,16-17,19-20,22-23,25-26,29,31,44-45,47-48H,3-4,6,8-9,14-15,18,21,24,27-28,30,32-43H2,1-2H3,(H,50,51)/b7-5-,12-10-,13-11-,17-16-,20-19-,23-22-,26-25-,31-29-. The number of aliphatic hydroxyl groups is 2. The van der Waals surface area contributed by atoms with E-state index in [9.17, 15) is 19.4 Å². The maximum absolute atomic E-state index is 12.6. The fourth-order valence-electron chi connectivity index (χ4n) is 5.02. The van der Waals surface area contributed by atoms with Gasteiger partial charge < -0.3 is 24.6 Å². The molecule has 3 N–H and O–H groups in total. The molecule has 0 heterocycles. The van der Waals surface area contributed by atoms with Crippen molar-refractivity contribution in [3.8, 4) is 0 Å². The average Bonchev–Trinajstić information content (AvgIpc) is 3.19. The molecule has 0 radical (unpaired) electrons. The second kappa shape index (κ2) is 42.0. The van der Waals surface area contributed by atoms with Crippen LogP contribution in [0.25, 0.3) is 0 Å². The Bertz CT molecular complexity index is 1190. The van der Waals surface area contributed by atoms with Gasteiger partial charge in [0.25, 0.3) is 0 Å². The summed E-state index contributed by atoms with van der Waals surface area (Å²) in [5.41, 5.74) is 0. The lowest BCUT2D eigenvalue weighted by atomic mass is 10.1. The number of aliphatic hydroxyl groups excluding tert-OH is 2. The highest BCUT2D eigenvalue weighted by atomic mass is 31.2. The van der Waals surface area contributed by atoms with Crippen LogP contribution in [0.5, 0.6) is 0 Å². The van der Waals surface area contributed by atoms with Crippen LogP contribution in [0.2, 0.25) is 0 Å². The van der Waals surface area contributed by atoms with Crippen LogP contribution in [0.3, 0.4) is 0 Å². The number of hydrogen-bond donors (Lipinski definition) is 3. The molecule has 0 spiro atoms. The Morgan fingerprint density at radius 3 is 1.55 bits per heavy atom. The van der Waals surface area contributed by atoms with E-state index in [1.54, 1.807) is 0 Å². The highest BCUT2D eigenvalue weighted by molar-refractivity contribution is 7.47. The number of carbonyl (C=O) groups excluding carboxylic acids is 1. The number of unbranched alkanes of at least 4 members (excludes halogenated alkanes) is 9. The van der Waals surface area contributed by atoms with Gasteiger partial charge in [0, 0.05) is 13.0 Å². The largest absolute Gasteiger partial charge is 0.472 e. The third-order valence-electron chi connectivity index (χ3n) is 8.25. The van der Waals surface area contributed by atoms with E-state index in [0.717, 1.165) is 103 Å². The fourth-order valence-corrected chi connectivity index (χ4v) is 5.81. The van der Waals surface area contributed by atoms with Gasteiger partial charge in [0.05, 0.1) is 26.4 Å². The number of ether oxygens (including phenoxy) is 2. The van der Waals surface area contributed by atoms with Crippen LogP contribution >= 0.6 is 7.82 Å².